The van der Waals surface area contributed by atoms with E-state index in [0.717, 1.165) is 0 Å². The van der Waals surface area contributed by atoms with Crippen LogP contribution >= 0.6 is 0 Å². The molecular weight excluding hydrogens is 138 g/mol. The highest BCUT2D eigenvalue weighted by Crippen LogP contribution is 1.89. The van der Waals surface area contributed by atoms with Crippen molar-refractivity contribution in [3.8, 4) is 0 Å². The summed E-state index contributed by atoms with van der Waals surface area (Å²) in [7, 11) is 0. The van der Waals surface area contributed by atoms with E-state index in [0.29, 0.717) is 0 Å². The normalized spacial score (nSPS) is 7.60. The van der Waals surface area contributed by atoms with Gasteiger partial charge in [-0.05, 0) is 0 Å². The first-order valence-corrected chi connectivity index (χ1v) is 2.22. The van der Waals surface area contributed by atoms with E-state index < -0.39 is 0 Å². The predicted octanol–water partition coefficient (Wildman–Crippen LogP) is -1.33. The number of H-pyrrole nitrogens is 1. The topological polar surface area (TPSA) is 131 Å². The maximum absolute atomic E-state index is 8.36. The highest BCUT2D eigenvalue weighted by atomic mass is 16.3. The Hall–Kier alpha value is -1.79. The standard InChI is InChI=1S/C2H5N5.CH2O2/c3-1-5-2(4)7-6-1;2-1-3/h(H5,3,4,5,6,7);1H,(H,2,3). The first kappa shape index (κ1) is 8.21. The maximum Gasteiger partial charge on any atom is 0.290 e. The molecular formula is C3H7N5O2. The number of hydrogen-bond donors (Lipinski definition) is 4. The van der Waals surface area contributed by atoms with Gasteiger partial charge in [0, 0.05) is 0 Å². The van der Waals surface area contributed by atoms with Crippen molar-refractivity contribution in [1.82, 2.24) is 15.2 Å². The van der Waals surface area contributed by atoms with Crippen molar-refractivity contribution in [2.75, 3.05) is 11.5 Å². The third-order valence-corrected chi connectivity index (χ3v) is 0.520. The monoisotopic (exact) mass is 145 g/mol. The molecule has 0 fully saturated rings. The van der Waals surface area contributed by atoms with E-state index in [1.807, 2.05) is 0 Å². The summed E-state index contributed by atoms with van der Waals surface area (Å²) >= 11 is 0. The molecule has 1 rings (SSSR count). The van der Waals surface area contributed by atoms with Gasteiger partial charge in [0.1, 0.15) is 0 Å². The number of nitrogens with one attached hydrogen (secondary N) is 1. The van der Waals surface area contributed by atoms with Crippen LogP contribution in [0.1, 0.15) is 0 Å². The molecule has 7 nitrogen and oxygen atoms in total. The van der Waals surface area contributed by atoms with E-state index in [9.17, 15) is 0 Å². The van der Waals surface area contributed by atoms with Crippen LogP contribution in [-0.4, -0.2) is 26.8 Å². The van der Waals surface area contributed by atoms with Crippen LogP contribution in [-0.2, 0) is 4.79 Å². The summed E-state index contributed by atoms with van der Waals surface area (Å²) in [5.74, 6) is 0.426. The van der Waals surface area contributed by atoms with Gasteiger partial charge in [-0.15, -0.1) is 5.10 Å². The summed E-state index contributed by atoms with van der Waals surface area (Å²) in [4.78, 5) is 11.9. The minimum absolute atomic E-state index is 0.178. The average molecular weight is 145 g/mol. The predicted molar refractivity (Wildman–Crippen MR) is 33.9 cm³/mol. The molecule has 0 aliphatic carbocycles. The van der Waals surface area contributed by atoms with Crippen molar-refractivity contribution in [1.29, 1.82) is 0 Å². The molecule has 10 heavy (non-hydrogen) atoms. The van der Waals surface area contributed by atoms with Gasteiger partial charge in [-0.1, -0.05) is 0 Å². The van der Waals surface area contributed by atoms with Crippen molar-refractivity contribution in [2.45, 2.75) is 0 Å². The molecule has 1 heterocycles. The lowest BCUT2D eigenvalue weighted by Gasteiger charge is -1.69. The number of nitrogen functional groups attached to an aromatic ring is 2. The van der Waals surface area contributed by atoms with E-state index in [2.05, 4.69) is 15.2 Å². The molecule has 6 N–H and O–H groups in total. The van der Waals surface area contributed by atoms with Gasteiger partial charge in [-0.25, -0.2) is 5.10 Å². The SMILES string of the molecule is Nc1n[nH]c(N)n1.O=CO. The van der Waals surface area contributed by atoms with E-state index in [4.69, 9.17) is 21.4 Å². The molecule has 0 bridgehead atoms. The molecule has 0 radical (unpaired) electrons. The van der Waals surface area contributed by atoms with Crippen molar-refractivity contribution < 1.29 is 9.90 Å². The second kappa shape index (κ2) is 4.13. The molecule has 0 saturated heterocycles. The summed E-state index contributed by atoms with van der Waals surface area (Å²) in [5, 5.41) is 12.7. The van der Waals surface area contributed by atoms with Crippen molar-refractivity contribution in [3.63, 3.8) is 0 Å². The van der Waals surface area contributed by atoms with Crippen LogP contribution < -0.4 is 11.5 Å². The molecule has 1 aromatic heterocycles. The van der Waals surface area contributed by atoms with Crippen LogP contribution in [0, 0.1) is 0 Å². The van der Waals surface area contributed by atoms with Gasteiger partial charge in [-0.2, -0.15) is 4.98 Å². The number of anilines is 2. The highest BCUT2D eigenvalue weighted by Gasteiger charge is 1.87. The van der Waals surface area contributed by atoms with Crippen LogP contribution in [0.3, 0.4) is 0 Å². The Morgan fingerprint density at radius 1 is 1.60 bits per heavy atom. The Bertz CT molecular complexity index is 180. The van der Waals surface area contributed by atoms with Gasteiger partial charge < -0.3 is 16.6 Å². The molecule has 0 unspecified atom stereocenters. The summed E-state index contributed by atoms with van der Waals surface area (Å²) in [5.41, 5.74) is 10.1. The number of rotatable bonds is 0. The van der Waals surface area contributed by atoms with E-state index in [1.54, 1.807) is 0 Å². The second-order valence-electron chi connectivity index (χ2n) is 1.18. The lowest BCUT2D eigenvalue weighted by atomic mass is 11.0. The number of hydrogen-bond acceptors (Lipinski definition) is 5. The van der Waals surface area contributed by atoms with Crippen molar-refractivity contribution in [2.24, 2.45) is 0 Å². The molecule has 0 spiro atoms. The van der Waals surface area contributed by atoms with E-state index >= 15 is 0 Å². The van der Waals surface area contributed by atoms with Gasteiger partial charge >= 0.3 is 0 Å². The molecule has 0 aliphatic rings. The minimum Gasteiger partial charge on any atom is -0.483 e. The van der Waals surface area contributed by atoms with E-state index in [1.165, 1.54) is 0 Å². The molecule has 0 aromatic carbocycles. The van der Waals surface area contributed by atoms with Crippen LogP contribution in [0.15, 0.2) is 0 Å². The molecule has 7 heteroatoms. The van der Waals surface area contributed by atoms with Crippen LogP contribution in [0.5, 0.6) is 0 Å². The fourth-order valence-corrected chi connectivity index (χ4v) is 0.288. The summed E-state index contributed by atoms with van der Waals surface area (Å²) < 4.78 is 0. The quantitative estimate of drug-likeness (QED) is 0.334. The van der Waals surface area contributed by atoms with Gasteiger partial charge in [0.25, 0.3) is 6.47 Å². The molecule has 1 aromatic rings. The van der Waals surface area contributed by atoms with Gasteiger partial charge in [-0.3, -0.25) is 4.79 Å². The van der Waals surface area contributed by atoms with Crippen molar-refractivity contribution >= 4 is 18.4 Å². The molecule has 56 valence electrons. The Morgan fingerprint density at radius 2 is 2.10 bits per heavy atom. The Morgan fingerprint density at radius 3 is 2.20 bits per heavy atom. The Labute approximate surface area is 56.1 Å². The third kappa shape index (κ3) is 3.24. The number of carbonyl (C=O) groups is 1. The molecule has 0 aliphatic heterocycles. The number of aromatic amines is 1. The summed E-state index contributed by atoms with van der Waals surface area (Å²) in [6.45, 7) is -0.250. The zero-order valence-corrected chi connectivity index (χ0v) is 4.98. The van der Waals surface area contributed by atoms with Crippen LogP contribution in [0.25, 0.3) is 0 Å². The van der Waals surface area contributed by atoms with Crippen molar-refractivity contribution in [3.05, 3.63) is 0 Å². The summed E-state index contributed by atoms with van der Waals surface area (Å²) in [6, 6.07) is 0. The Kier molecular flexibility index (Phi) is 3.39. The first-order valence-electron chi connectivity index (χ1n) is 2.22. The number of nitrogens with two attached hydrogens (primary N) is 2. The minimum atomic E-state index is -0.250. The second-order valence-corrected chi connectivity index (χ2v) is 1.18. The molecule has 0 atom stereocenters. The Balaban J connectivity index is 0.000000236. The van der Waals surface area contributed by atoms with Gasteiger partial charge in [0.05, 0.1) is 0 Å². The maximum atomic E-state index is 8.36. The molecule has 0 amide bonds. The first-order chi connectivity index (χ1) is 4.70. The molecule has 0 saturated carbocycles. The number of aromatic nitrogens is 3. The fourth-order valence-electron chi connectivity index (χ4n) is 0.288. The van der Waals surface area contributed by atoms with Gasteiger partial charge in [0.2, 0.25) is 11.9 Å². The number of carboxylic acid groups (broad SMARTS) is 1. The average Bonchev–Trinajstić information content (AvgIpc) is 2.17. The van der Waals surface area contributed by atoms with Crippen LogP contribution in [0.2, 0.25) is 0 Å². The lowest BCUT2D eigenvalue weighted by Crippen LogP contribution is -1.87. The van der Waals surface area contributed by atoms with Gasteiger partial charge in [0.15, 0.2) is 0 Å². The third-order valence-electron chi connectivity index (χ3n) is 0.520. The fraction of sp³-hybridized carbons (Fsp3) is 0. The zero-order valence-electron chi connectivity index (χ0n) is 4.98. The highest BCUT2D eigenvalue weighted by molar-refractivity contribution is 5.32. The smallest absolute Gasteiger partial charge is 0.290 e. The lowest BCUT2D eigenvalue weighted by molar-refractivity contribution is -0.122. The summed E-state index contributed by atoms with van der Waals surface area (Å²) in [6.07, 6.45) is 0. The van der Waals surface area contributed by atoms with E-state index in [-0.39, 0.29) is 18.4 Å². The van der Waals surface area contributed by atoms with Crippen LogP contribution in [0.4, 0.5) is 11.9 Å². The zero-order chi connectivity index (χ0) is 7.98. The number of nitrogens with zero attached hydrogens (tertiary/aromatic N) is 2. The largest absolute Gasteiger partial charge is 0.483 e.